The minimum atomic E-state index is -0.685. The van der Waals surface area contributed by atoms with Crippen molar-refractivity contribution in [2.75, 3.05) is 7.11 Å². The Hall–Kier alpha value is -3.27. The number of methoxy groups -OCH3 is 1. The minimum Gasteiger partial charge on any atom is -0.498 e. The maximum Gasteiger partial charge on any atom is 0.170 e. The summed E-state index contributed by atoms with van der Waals surface area (Å²) in [7, 11) is 1.41. The first kappa shape index (κ1) is 17.5. The molecule has 1 aliphatic carbocycles. The average Bonchev–Trinajstić information content (AvgIpc) is 2.98. The Labute approximate surface area is 148 Å². The molecule has 0 unspecified atom stereocenters. The van der Waals surface area contributed by atoms with Gasteiger partial charge < -0.3 is 4.74 Å². The van der Waals surface area contributed by atoms with Gasteiger partial charge in [-0.25, -0.2) is 13.8 Å². The summed E-state index contributed by atoms with van der Waals surface area (Å²) in [5.74, 6) is -0.609. The highest BCUT2D eigenvalue weighted by Gasteiger charge is 2.22. The zero-order chi connectivity index (χ0) is 18.8. The van der Waals surface area contributed by atoms with Crippen LogP contribution in [0.25, 0.3) is 17.1 Å². The summed E-state index contributed by atoms with van der Waals surface area (Å²) in [6, 6.07) is 5.83. The molecule has 0 amide bonds. The predicted molar refractivity (Wildman–Crippen MR) is 91.1 cm³/mol. The topological polar surface area (TPSA) is 67.9 Å². The number of aldehydes is 1. The molecule has 0 saturated heterocycles. The monoisotopic (exact) mass is 355 g/mol. The predicted octanol–water partition coefficient (Wildman–Crippen LogP) is 4.14. The maximum absolute atomic E-state index is 14.2. The lowest BCUT2D eigenvalue weighted by Crippen LogP contribution is -2.07. The molecule has 0 N–H and O–H groups in total. The van der Waals surface area contributed by atoms with Crippen molar-refractivity contribution in [3.05, 3.63) is 58.6 Å². The number of nitrogens with zero attached hydrogens (tertiary/aromatic N) is 3. The van der Waals surface area contributed by atoms with Crippen LogP contribution in [0, 0.1) is 24.1 Å². The quantitative estimate of drug-likeness (QED) is 0.773. The van der Waals surface area contributed by atoms with Crippen LogP contribution in [0.1, 0.15) is 34.6 Å². The molecule has 0 spiro atoms. The van der Waals surface area contributed by atoms with E-state index in [2.05, 4.69) is 4.98 Å². The van der Waals surface area contributed by atoms with Crippen LogP contribution in [0.5, 0.6) is 0 Å². The second-order valence-electron chi connectivity index (χ2n) is 5.78. The highest BCUT2D eigenvalue weighted by molar-refractivity contribution is 5.78. The number of benzene rings is 1. The summed E-state index contributed by atoms with van der Waals surface area (Å²) in [5.41, 5.74) is 1.60. The number of carbonyl (C=O) groups is 1. The Kier molecular flexibility index (Phi) is 4.67. The first-order valence-corrected chi connectivity index (χ1v) is 7.88. The van der Waals surface area contributed by atoms with Crippen molar-refractivity contribution in [3.8, 4) is 17.5 Å². The van der Waals surface area contributed by atoms with Crippen LogP contribution in [0.2, 0.25) is 0 Å². The van der Waals surface area contributed by atoms with Gasteiger partial charge in [0.25, 0.3) is 0 Å². The normalized spacial score (nSPS) is 14.0. The third kappa shape index (κ3) is 2.90. The third-order valence-corrected chi connectivity index (χ3v) is 4.31. The fraction of sp³-hybridized carbons (Fsp3) is 0.211. The Morgan fingerprint density at radius 1 is 1.35 bits per heavy atom. The van der Waals surface area contributed by atoms with Crippen molar-refractivity contribution in [2.45, 2.75) is 19.8 Å². The molecule has 0 saturated carbocycles. The fourth-order valence-corrected chi connectivity index (χ4v) is 2.96. The van der Waals surface area contributed by atoms with E-state index in [1.165, 1.54) is 25.3 Å². The summed E-state index contributed by atoms with van der Waals surface area (Å²) in [5, 5.41) is 8.88. The van der Waals surface area contributed by atoms with E-state index < -0.39 is 11.6 Å². The summed E-state index contributed by atoms with van der Waals surface area (Å²) in [4.78, 5) is 15.6. The average molecular weight is 355 g/mol. The minimum absolute atomic E-state index is 0.0882. The standard InChI is InChI=1S/C19H15F2N3O2/c1-11-17(10-25)23-19(12-3-4-13(9-22)15(20)7-12)24(11)14-5-6-18(26-2)16(21)8-14/h3-4,7-8,10H,5-6H2,1-2H3. The molecule has 132 valence electrons. The zero-order valence-corrected chi connectivity index (χ0v) is 14.2. The van der Waals surface area contributed by atoms with Gasteiger partial charge in [0.1, 0.15) is 29.2 Å². The van der Waals surface area contributed by atoms with Crippen molar-refractivity contribution >= 4 is 12.0 Å². The number of allylic oxidation sites excluding steroid dienone is 4. The van der Waals surface area contributed by atoms with Gasteiger partial charge in [0.2, 0.25) is 0 Å². The summed E-state index contributed by atoms with van der Waals surface area (Å²) < 4.78 is 34.8. The first-order valence-electron chi connectivity index (χ1n) is 7.88. The number of hydrogen-bond acceptors (Lipinski definition) is 4. The Morgan fingerprint density at radius 3 is 2.69 bits per heavy atom. The van der Waals surface area contributed by atoms with E-state index in [4.69, 9.17) is 10.00 Å². The molecule has 0 bridgehead atoms. The van der Waals surface area contributed by atoms with Crippen LogP contribution >= 0.6 is 0 Å². The molecule has 5 nitrogen and oxygen atoms in total. The summed E-state index contributed by atoms with van der Waals surface area (Å²) >= 11 is 0. The van der Waals surface area contributed by atoms with E-state index >= 15 is 0 Å². The molecule has 1 heterocycles. The zero-order valence-electron chi connectivity index (χ0n) is 14.2. The lowest BCUT2D eigenvalue weighted by Gasteiger charge is -2.19. The molecule has 0 atom stereocenters. The fourth-order valence-electron chi connectivity index (χ4n) is 2.96. The molecule has 0 aliphatic heterocycles. The van der Waals surface area contributed by atoms with Gasteiger partial charge >= 0.3 is 0 Å². The van der Waals surface area contributed by atoms with Crippen molar-refractivity contribution in [1.82, 2.24) is 9.55 Å². The third-order valence-electron chi connectivity index (χ3n) is 4.31. The molecule has 1 aromatic carbocycles. The van der Waals surface area contributed by atoms with Crippen LogP contribution in [0.4, 0.5) is 8.78 Å². The second kappa shape index (κ2) is 6.92. The Bertz CT molecular complexity index is 997. The van der Waals surface area contributed by atoms with Crippen molar-refractivity contribution in [1.29, 1.82) is 5.26 Å². The molecule has 0 radical (unpaired) electrons. The number of carbonyl (C=O) groups excluding carboxylic acids is 1. The summed E-state index contributed by atoms with van der Waals surface area (Å²) in [6.45, 7) is 1.69. The molecular weight excluding hydrogens is 340 g/mol. The van der Waals surface area contributed by atoms with E-state index in [9.17, 15) is 13.6 Å². The molecule has 2 aromatic rings. The number of imidazole rings is 1. The van der Waals surface area contributed by atoms with Gasteiger partial charge in [0, 0.05) is 17.7 Å². The second-order valence-corrected chi connectivity index (χ2v) is 5.78. The Balaban J connectivity index is 2.20. The summed E-state index contributed by atoms with van der Waals surface area (Å²) in [6.07, 6.45) is 2.77. The number of nitriles is 1. The Morgan fingerprint density at radius 2 is 2.12 bits per heavy atom. The SMILES string of the molecule is COC1=C(F)C=C(n2c(-c3ccc(C#N)c(F)c3)nc(C=O)c2C)CC1. The lowest BCUT2D eigenvalue weighted by atomic mass is 10.1. The van der Waals surface area contributed by atoms with Crippen LogP contribution < -0.4 is 0 Å². The number of rotatable bonds is 4. The molecule has 0 fully saturated rings. The molecule has 1 aromatic heterocycles. The first-order chi connectivity index (χ1) is 12.5. The van der Waals surface area contributed by atoms with Crippen molar-refractivity contribution in [2.24, 2.45) is 0 Å². The van der Waals surface area contributed by atoms with Gasteiger partial charge in [-0.15, -0.1) is 0 Å². The van der Waals surface area contributed by atoms with Crippen molar-refractivity contribution < 1.29 is 18.3 Å². The number of ether oxygens (including phenoxy) is 1. The van der Waals surface area contributed by atoms with E-state index in [0.29, 0.717) is 41.9 Å². The van der Waals surface area contributed by atoms with Gasteiger partial charge in [0.15, 0.2) is 12.1 Å². The number of aromatic nitrogens is 2. The number of hydrogen-bond donors (Lipinski definition) is 0. The molecule has 1 aliphatic rings. The smallest absolute Gasteiger partial charge is 0.170 e. The van der Waals surface area contributed by atoms with Gasteiger partial charge in [-0.1, -0.05) is 0 Å². The maximum atomic E-state index is 14.2. The molecule has 3 rings (SSSR count). The number of halogens is 2. The molecule has 7 heteroatoms. The van der Waals surface area contributed by atoms with Gasteiger partial charge in [-0.3, -0.25) is 9.36 Å². The van der Waals surface area contributed by atoms with Crippen molar-refractivity contribution in [3.63, 3.8) is 0 Å². The highest BCUT2D eigenvalue weighted by Crippen LogP contribution is 2.33. The largest absolute Gasteiger partial charge is 0.498 e. The molecular formula is C19H15F2N3O2. The van der Waals surface area contributed by atoms with E-state index in [-0.39, 0.29) is 17.0 Å². The van der Waals surface area contributed by atoms with E-state index in [0.717, 1.165) is 0 Å². The highest BCUT2D eigenvalue weighted by atomic mass is 19.1. The molecule has 26 heavy (non-hydrogen) atoms. The van der Waals surface area contributed by atoms with Crippen LogP contribution in [0.15, 0.2) is 35.9 Å². The van der Waals surface area contributed by atoms with E-state index in [1.807, 2.05) is 0 Å². The van der Waals surface area contributed by atoms with Crippen LogP contribution in [-0.2, 0) is 4.74 Å². The lowest BCUT2D eigenvalue weighted by molar-refractivity contribution is 0.111. The van der Waals surface area contributed by atoms with E-state index in [1.54, 1.807) is 23.6 Å². The van der Waals surface area contributed by atoms with Gasteiger partial charge in [-0.05, 0) is 37.6 Å². The van der Waals surface area contributed by atoms with Gasteiger partial charge in [-0.2, -0.15) is 5.26 Å². The van der Waals surface area contributed by atoms with Gasteiger partial charge in [0.05, 0.1) is 18.4 Å². The van der Waals surface area contributed by atoms with Crippen LogP contribution in [0.3, 0.4) is 0 Å². The van der Waals surface area contributed by atoms with Crippen LogP contribution in [-0.4, -0.2) is 22.9 Å².